The number of carbonyl (C=O) groups is 2. The molecule has 0 aromatic heterocycles. The van der Waals surface area contributed by atoms with Gasteiger partial charge in [0, 0.05) is 11.3 Å². The summed E-state index contributed by atoms with van der Waals surface area (Å²) in [4.78, 5) is 24.2. The smallest absolute Gasteiger partial charge is 0.360 e. The number of amides is 2. The zero-order chi connectivity index (χ0) is 17.4. The highest BCUT2D eigenvalue weighted by Crippen LogP contribution is 2.19. The molecule has 0 saturated carbocycles. The summed E-state index contributed by atoms with van der Waals surface area (Å²) in [7, 11) is 0. The van der Waals surface area contributed by atoms with Crippen LogP contribution in [0, 0.1) is 0 Å². The summed E-state index contributed by atoms with van der Waals surface area (Å²) in [5.41, 5.74) is 1.34. The Bertz CT molecular complexity index is 718. The molecule has 0 radical (unpaired) electrons. The molecule has 124 valence electrons. The first-order valence-electron chi connectivity index (χ1n) is 7.21. The van der Waals surface area contributed by atoms with E-state index in [4.69, 9.17) is 0 Å². The number of nitrogens with zero attached hydrogens (tertiary/aromatic N) is 2. The standard InChI is InChI=1S/C17H17N3O3S/c1-24-14-9-7-13(8-10-14)19-20-17(23)18-15(16(21)22)11-12-5-3-2-4-6-12/h2-10,15H,11H2,1H3,(H,18,23)(H,21,22)/b20-19+. The number of thioether (sulfide) groups is 1. The predicted molar refractivity (Wildman–Crippen MR) is 92.8 cm³/mol. The summed E-state index contributed by atoms with van der Waals surface area (Å²) in [6, 6.07) is 14.4. The molecular weight excluding hydrogens is 326 g/mol. The highest BCUT2D eigenvalue weighted by atomic mass is 32.2. The summed E-state index contributed by atoms with van der Waals surface area (Å²) in [6.45, 7) is 0. The van der Waals surface area contributed by atoms with Crippen molar-refractivity contribution in [3.63, 3.8) is 0 Å². The molecule has 0 saturated heterocycles. The maximum absolute atomic E-state index is 11.8. The summed E-state index contributed by atoms with van der Waals surface area (Å²) >= 11 is 1.60. The fourth-order valence-electron chi connectivity index (χ4n) is 1.98. The van der Waals surface area contributed by atoms with Crippen molar-refractivity contribution in [1.82, 2.24) is 5.32 Å². The molecular formula is C17H17N3O3S. The van der Waals surface area contributed by atoms with Crippen LogP contribution in [0.4, 0.5) is 10.5 Å². The van der Waals surface area contributed by atoms with Crippen molar-refractivity contribution >= 4 is 29.4 Å². The SMILES string of the molecule is CSc1ccc(/N=N/C(=O)NC(Cc2ccccc2)C(=O)O)cc1. The fraction of sp³-hybridized carbons (Fsp3) is 0.176. The second-order valence-corrected chi connectivity index (χ2v) is 5.81. The first-order chi connectivity index (χ1) is 11.6. The van der Waals surface area contributed by atoms with Gasteiger partial charge in [-0.15, -0.1) is 16.9 Å². The normalized spacial score (nSPS) is 12.0. The Kier molecular flexibility index (Phi) is 6.51. The summed E-state index contributed by atoms with van der Waals surface area (Å²) in [6.07, 6.45) is 2.14. The van der Waals surface area contributed by atoms with Crippen molar-refractivity contribution in [3.05, 3.63) is 60.2 Å². The third kappa shape index (κ3) is 5.51. The van der Waals surface area contributed by atoms with E-state index in [-0.39, 0.29) is 6.42 Å². The van der Waals surface area contributed by atoms with Gasteiger partial charge in [0.25, 0.3) is 0 Å². The quantitative estimate of drug-likeness (QED) is 0.615. The van der Waals surface area contributed by atoms with Gasteiger partial charge in [0.05, 0.1) is 5.69 Å². The van der Waals surface area contributed by atoms with Crippen molar-refractivity contribution in [2.24, 2.45) is 10.2 Å². The molecule has 0 heterocycles. The predicted octanol–water partition coefficient (Wildman–Crippen LogP) is 3.90. The number of hydrogen-bond donors (Lipinski definition) is 2. The highest BCUT2D eigenvalue weighted by molar-refractivity contribution is 7.98. The third-order valence-corrected chi connectivity index (χ3v) is 3.95. The Morgan fingerprint density at radius 3 is 2.38 bits per heavy atom. The van der Waals surface area contributed by atoms with Crippen LogP contribution in [0.5, 0.6) is 0 Å². The second kappa shape index (κ2) is 8.83. The molecule has 2 amide bonds. The van der Waals surface area contributed by atoms with Crippen LogP contribution in [-0.4, -0.2) is 29.4 Å². The van der Waals surface area contributed by atoms with Crippen LogP contribution < -0.4 is 5.32 Å². The summed E-state index contributed by atoms with van der Waals surface area (Å²) in [5, 5.41) is 18.9. The molecule has 0 spiro atoms. The van der Waals surface area contributed by atoms with Gasteiger partial charge in [0.15, 0.2) is 0 Å². The Morgan fingerprint density at radius 2 is 1.79 bits per heavy atom. The van der Waals surface area contributed by atoms with Gasteiger partial charge in [-0.2, -0.15) is 0 Å². The van der Waals surface area contributed by atoms with Gasteiger partial charge in [-0.05, 0) is 36.1 Å². The van der Waals surface area contributed by atoms with E-state index >= 15 is 0 Å². The van der Waals surface area contributed by atoms with Gasteiger partial charge in [0.2, 0.25) is 0 Å². The molecule has 0 fully saturated rings. The maximum Gasteiger partial charge on any atom is 0.360 e. The van der Waals surface area contributed by atoms with Crippen LogP contribution in [0.3, 0.4) is 0 Å². The topological polar surface area (TPSA) is 91.1 Å². The van der Waals surface area contributed by atoms with Crippen molar-refractivity contribution in [3.8, 4) is 0 Å². The molecule has 2 rings (SSSR count). The molecule has 2 aromatic carbocycles. The second-order valence-electron chi connectivity index (χ2n) is 4.93. The van der Waals surface area contributed by atoms with E-state index < -0.39 is 18.0 Å². The molecule has 0 aliphatic carbocycles. The molecule has 0 bridgehead atoms. The van der Waals surface area contributed by atoms with Gasteiger partial charge in [-0.3, -0.25) is 0 Å². The van der Waals surface area contributed by atoms with Gasteiger partial charge < -0.3 is 10.4 Å². The summed E-state index contributed by atoms with van der Waals surface area (Å²) < 4.78 is 0. The molecule has 1 unspecified atom stereocenters. The first-order valence-corrected chi connectivity index (χ1v) is 8.44. The van der Waals surface area contributed by atoms with Crippen LogP contribution >= 0.6 is 11.8 Å². The zero-order valence-electron chi connectivity index (χ0n) is 13.0. The lowest BCUT2D eigenvalue weighted by Crippen LogP contribution is -2.40. The van der Waals surface area contributed by atoms with Crippen molar-refractivity contribution < 1.29 is 14.7 Å². The van der Waals surface area contributed by atoms with Crippen molar-refractivity contribution in [2.45, 2.75) is 17.4 Å². The van der Waals surface area contributed by atoms with Crippen molar-refractivity contribution in [2.75, 3.05) is 6.26 Å². The number of carbonyl (C=O) groups excluding carboxylic acids is 1. The molecule has 24 heavy (non-hydrogen) atoms. The van der Waals surface area contributed by atoms with Crippen LogP contribution in [0.25, 0.3) is 0 Å². The van der Waals surface area contributed by atoms with Crippen LogP contribution in [0.2, 0.25) is 0 Å². The monoisotopic (exact) mass is 343 g/mol. The van der Waals surface area contributed by atoms with E-state index in [1.165, 1.54) is 0 Å². The molecule has 0 aliphatic heterocycles. The Hall–Kier alpha value is -2.67. The zero-order valence-corrected chi connectivity index (χ0v) is 13.9. The molecule has 0 aliphatic rings. The highest BCUT2D eigenvalue weighted by Gasteiger charge is 2.20. The van der Waals surface area contributed by atoms with Gasteiger partial charge in [-0.1, -0.05) is 35.4 Å². The Labute approximate surface area is 144 Å². The van der Waals surface area contributed by atoms with E-state index in [1.54, 1.807) is 36.0 Å². The fourth-order valence-corrected chi connectivity index (χ4v) is 2.39. The lowest BCUT2D eigenvalue weighted by molar-refractivity contribution is -0.139. The number of carboxylic acid groups (broad SMARTS) is 1. The minimum atomic E-state index is -1.12. The van der Waals surface area contributed by atoms with E-state index in [1.807, 2.05) is 36.6 Å². The molecule has 2 aromatic rings. The number of azo groups is 1. The van der Waals surface area contributed by atoms with E-state index in [9.17, 15) is 14.7 Å². The number of nitrogens with one attached hydrogen (secondary N) is 1. The van der Waals surface area contributed by atoms with Gasteiger partial charge in [-0.25, -0.2) is 9.59 Å². The van der Waals surface area contributed by atoms with E-state index in [2.05, 4.69) is 15.5 Å². The largest absolute Gasteiger partial charge is 0.480 e. The molecule has 1 atom stereocenters. The number of urea groups is 1. The maximum atomic E-state index is 11.8. The first kappa shape index (κ1) is 17.7. The number of carboxylic acids is 1. The van der Waals surface area contributed by atoms with Crippen LogP contribution in [-0.2, 0) is 11.2 Å². The number of benzene rings is 2. The molecule has 7 heteroatoms. The minimum Gasteiger partial charge on any atom is -0.480 e. The minimum absolute atomic E-state index is 0.180. The van der Waals surface area contributed by atoms with E-state index in [0.717, 1.165) is 10.5 Å². The van der Waals surface area contributed by atoms with E-state index in [0.29, 0.717) is 5.69 Å². The number of aliphatic carboxylic acids is 1. The van der Waals surface area contributed by atoms with Gasteiger partial charge in [0.1, 0.15) is 6.04 Å². The average Bonchev–Trinajstić information content (AvgIpc) is 2.60. The third-order valence-electron chi connectivity index (χ3n) is 3.21. The lowest BCUT2D eigenvalue weighted by Gasteiger charge is -2.12. The Balaban J connectivity index is 1.97. The molecule has 6 nitrogen and oxygen atoms in total. The molecule has 2 N–H and O–H groups in total. The Morgan fingerprint density at radius 1 is 1.12 bits per heavy atom. The van der Waals surface area contributed by atoms with Crippen LogP contribution in [0.1, 0.15) is 5.56 Å². The van der Waals surface area contributed by atoms with Gasteiger partial charge >= 0.3 is 12.0 Å². The summed E-state index contributed by atoms with van der Waals surface area (Å²) in [5.74, 6) is -1.12. The van der Waals surface area contributed by atoms with Crippen LogP contribution in [0.15, 0.2) is 69.7 Å². The lowest BCUT2D eigenvalue weighted by atomic mass is 10.1. The average molecular weight is 343 g/mol. The number of rotatable bonds is 6. The number of hydrogen-bond acceptors (Lipinski definition) is 4. The van der Waals surface area contributed by atoms with Crippen molar-refractivity contribution in [1.29, 1.82) is 0 Å².